The van der Waals surface area contributed by atoms with E-state index in [1.165, 1.54) is 12.5 Å². The largest absolute Gasteiger partial charge is 0.516 e. The number of aliphatic imine (C=N–C) groups is 1. The van der Waals surface area contributed by atoms with E-state index in [2.05, 4.69) is 9.89 Å². The van der Waals surface area contributed by atoms with Crippen molar-refractivity contribution in [2.24, 2.45) is 4.99 Å². The molecule has 0 amide bonds. The molecule has 0 aliphatic carbocycles. The maximum absolute atomic E-state index is 12.5. The molecule has 21 heavy (non-hydrogen) atoms. The standard InChI is InChI=1S/C16H25FN2O2/c1-2-7-15(21)14(8-6-13-20)16(18-10-9-17)19-11-4-3-5-12-19/h6-8,13,20-21H,2-5,9-12H2,1H3/b13-6+,14-8-,15-7+,18-16+. The molecule has 2 N–H and O–H groups in total. The maximum atomic E-state index is 12.5. The van der Waals surface area contributed by atoms with Crippen LogP contribution >= 0.6 is 0 Å². The first-order valence-electron chi connectivity index (χ1n) is 7.50. The van der Waals surface area contributed by atoms with Crippen LogP contribution in [0.15, 0.2) is 40.8 Å². The average molecular weight is 296 g/mol. The molecule has 118 valence electrons. The first kappa shape index (κ1) is 17.3. The highest BCUT2D eigenvalue weighted by Crippen LogP contribution is 2.18. The number of aliphatic hydroxyl groups is 2. The third kappa shape index (κ3) is 5.61. The van der Waals surface area contributed by atoms with Crippen LogP contribution in [0.2, 0.25) is 0 Å². The van der Waals surface area contributed by atoms with Crippen molar-refractivity contribution >= 4 is 5.84 Å². The first-order chi connectivity index (χ1) is 10.2. The summed E-state index contributed by atoms with van der Waals surface area (Å²) in [5.74, 6) is 0.714. The van der Waals surface area contributed by atoms with Crippen molar-refractivity contribution < 1.29 is 14.6 Å². The molecule has 0 saturated carbocycles. The molecule has 0 aromatic rings. The van der Waals surface area contributed by atoms with Crippen molar-refractivity contribution in [1.29, 1.82) is 0 Å². The van der Waals surface area contributed by atoms with E-state index in [1.807, 2.05) is 6.92 Å². The number of amidine groups is 1. The molecule has 0 atom stereocenters. The Kier molecular flexibility index (Phi) is 8.24. The lowest BCUT2D eigenvalue weighted by molar-refractivity contribution is 0.337. The third-order valence-electron chi connectivity index (χ3n) is 3.26. The van der Waals surface area contributed by atoms with Gasteiger partial charge in [0, 0.05) is 13.1 Å². The Bertz CT molecular complexity index is 422. The number of hydrogen-bond donors (Lipinski definition) is 2. The minimum absolute atomic E-state index is 0.0748. The van der Waals surface area contributed by atoms with Gasteiger partial charge in [-0.2, -0.15) is 0 Å². The third-order valence-corrected chi connectivity index (χ3v) is 3.26. The van der Waals surface area contributed by atoms with Crippen molar-refractivity contribution in [3.05, 3.63) is 35.8 Å². The van der Waals surface area contributed by atoms with Crippen LogP contribution in [0.1, 0.15) is 32.6 Å². The van der Waals surface area contributed by atoms with E-state index >= 15 is 0 Å². The molecular formula is C16H25FN2O2. The van der Waals surface area contributed by atoms with Gasteiger partial charge in [-0.3, -0.25) is 4.99 Å². The molecule has 0 aromatic carbocycles. The smallest absolute Gasteiger partial charge is 0.134 e. The Morgan fingerprint density at radius 3 is 2.57 bits per heavy atom. The van der Waals surface area contributed by atoms with E-state index < -0.39 is 6.67 Å². The summed E-state index contributed by atoms with van der Waals surface area (Å²) in [6.45, 7) is 3.18. The second kappa shape index (κ2) is 10.0. The van der Waals surface area contributed by atoms with Crippen LogP contribution in [0.4, 0.5) is 4.39 Å². The van der Waals surface area contributed by atoms with Crippen LogP contribution in [0.5, 0.6) is 0 Å². The van der Waals surface area contributed by atoms with Crippen LogP contribution in [0.3, 0.4) is 0 Å². The van der Waals surface area contributed by atoms with Gasteiger partial charge < -0.3 is 15.1 Å². The molecule has 1 aliphatic heterocycles. The Labute approximate surface area is 126 Å². The zero-order valence-electron chi connectivity index (χ0n) is 12.6. The molecular weight excluding hydrogens is 271 g/mol. The summed E-state index contributed by atoms with van der Waals surface area (Å²) in [6.07, 6.45) is 9.62. The van der Waals surface area contributed by atoms with Gasteiger partial charge in [-0.15, -0.1) is 0 Å². The summed E-state index contributed by atoms with van der Waals surface area (Å²) in [5.41, 5.74) is 0.525. The number of alkyl halides is 1. The Morgan fingerprint density at radius 1 is 1.29 bits per heavy atom. The van der Waals surface area contributed by atoms with Gasteiger partial charge in [0.1, 0.15) is 18.3 Å². The van der Waals surface area contributed by atoms with Crippen LogP contribution in [-0.2, 0) is 0 Å². The van der Waals surface area contributed by atoms with E-state index in [0.29, 0.717) is 17.8 Å². The molecule has 1 saturated heterocycles. The van der Waals surface area contributed by atoms with Gasteiger partial charge in [-0.1, -0.05) is 6.92 Å². The molecule has 4 nitrogen and oxygen atoms in total. The maximum Gasteiger partial charge on any atom is 0.134 e. The van der Waals surface area contributed by atoms with Gasteiger partial charge in [0.15, 0.2) is 0 Å². The molecule has 5 heteroatoms. The quantitative estimate of drug-likeness (QED) is 0.340. The summed E-state index contributed by atoms with van der Waals surface area (Å²) < 4.78 is 12.5. The zero-order valence-corrected chi connectivity index (χ0v) is 12.6. The second-order valence-corrected chi connectivity index (χ2v) is 4.86. The Hall–Kier alpha value is -1.78. The van der Waals surface area contributed by atoms with Gasteiger partial charge in [-0.25, -0.2) is 4.39 Å². The van der Waals surface area contributed by atoms with Crippen molar-refractivity contribution in [3.8, 4) is 0 Å². The van der Waals surface area contributed by atoms with Gasteiger partial charge in [0.05, 0.1) is 18.4 Å². The normalized spacial score (nSPS) is 18.6. The number of likely N-dealkylation sites (tertiary alicyclic amines) is 1. The minimum Gasteiger partial charge on any atom is -0.516 e. The molecule has 1 rings (SSSR count). The molecule has 0 bridgehead atoms. The van der Waals surface area contributed by atoms with Crippen molar-refractivity contribution in [1.82, 2.24) is 4.90 Å². The molecule has 1 heterocycles. The number of hydrogen-bond acceptors (Lipinski definition) is 3. The first-order valence-corrected chi connectivity index (χ1v) is 7.50. The molecule has 0 radical (unpaired) electrons. The SMILES string of the molecule is CC\C=C(O)/C(=C/C=C/O)C(=N\CCF)/N1CCCCC1. The lowest BCUT2D eigenvalue weighted by Crippen LogP contribution is -2.37. The van der Waals surface area contributed by atoms with Crippen LogP contribution in [0, 0.1) is 0 Å². The van der Waals surface area contributed by atoms with Gasteiger partial charge in [0.25, 0.3) is 0 Å². The predicted octanol–water partition coefficient (Wildman–Crippen LogP) is 3.69. The van der Waals surface area contributed by atoms with E-state index in [0.717, 1.165) is 32.2 Å². The van der Waals surface area contributed by atoms with Crippen LogP contribution in [-0.4, -0.2) is 47.3 Å². The van der Waals surface area contributed by atoms with Crippen molar-refractivity contribution in [2.45, 2.75) is 32.6 Å². The van der Waals surface area contributed by atoms with Crippen LogP contribution in [0.25, 0.3) is 0 Å². The van der Waals surface area contributed by atoms with E-state index in [4.69, 9.17) is 5.11 Å². The number of allylic oxidation sites excluding steroid dienone is 3. The predicted molar refractivity (Wildman–Crippen MR) is 84.6 cm³/mol. The highest BCUT2D eigenvalue weighted by atomic mass is 19.1. The average Bonchev–Trinajstić information content (AvgIpc) is 2.51. The molecule has 0 unspecified atom stereocenters. The fraction of sp³-hybridized carbons (Fsp3) is 0.562. The topological polar surface area (TPSA) is 56.1 Å². The van der Waals surface area contributed by atoms with Crippen molar-refractivity contribution in [3.63, 3.8) is 0 Å². The van der Waals surface area contributed by atoms with Gasteiger partial charge in [-0.05, 0) is 43.9 Å². The Morgan fingerprint density at radius 2 is 2.00 bits per heavy atom. The van der Waals surface area contributed by atoms with E-state index in [1.54, 1.807) is 12.2 Å². The summed E-state index contributed by atoms with van der Waals surface area (Å²) in [5, 5.41) is 19.1. The minimum atomic E-state index is -0.529. The molecule has 0 spiro atoms. The molecule has 1 fully saturated rings. The summed E-state index contributed by atoms with van der Waals surface area (Å²) in [7, 11) is 0. The van der Waals surface area contributed by atoms with Crippen LogP contribution < -0.4 is 0 Å². The number of aliphatic hydroxyl groups excluding tert-OH is 2. The van der Waals surface area contributed by atoms with Crippen molar-refractivity contribution in [2.75, 3.05) is 26.3 Å². The fourth-order valence-corrected chi connectivity index (χ4v) is 2.33. The number of piperidine rings is 1. The van der Waals surface area contributed by atoms with Gasteiger partial charge in [0.2, 0.25) is 0 Å². The van der Waals surface area contributed by atoms with E-state index in [9.17, 15) is 9.50 Å². The lowest BCUT2D eigenvalue weighted by Gasteiger charge is -2.31. The van der Waals surface area contributed by atoms with Gasteiger partial charge >= 0.3 is 0 Å². The number of rotatable bonds is 6. The monoisotopic (exact) mass is 296 g/mol. The second-order valence-electron chi connectivity index (χ2n) is 4.86. The highest BCUT2D eigenvalue weighted by Gasteiger charge is 2.20. The number of nitrogens with zero attached hydrogens (tertiary/aromatic N) is 2. The fourth-order valence-electron chi connectivity index (χ4n) is 2.33. The summed E-state index contributed by atoms with van der Waals surface area (Å²) in [4.78, 5) is 6.38. The molecule has 0 aromatic heterocycles. The zero-order chi connectivity index (χ0) is 15.5. The Balaban J connectivity index is 3.13. The molecule has 1 aliphatic rings. The number of halogens is 1. The summed E-state index contributed by atoms with van der Waals surface area (Å²) >= 11 is 0. The highest BCUT2D eigenvalue weighted by molar-refractivity contribution is 6.02. The summed E-state index contributed by atoms with van der Waals surface area (Å²) in [6, 6.07) is 0. The van der Waals surface area contributed by atoms with E-state index in [-0.39, 0.29) is 12.3 Å². The lowest BCUT2D eigenvalue weighted by atomic mass is 10.1.